The van der Waals surface area contributed by atoms with Crippen LogP contribution in [0.1, 0.15) is 309 Å². The molecule has 0 radical (unpaired) electrons. The van der Waals surface area contributed by atoms with Gasteiger partial charge in [-0.25, -0.2) is 0 Å². The molecule has 2 atom stereocenters. The van der Waals surface area contributed by atoms with Gasteiger partial charge in [-0.2, -0.15) is 0 Å². The van der Waals surface area contributed by atoms with Crippen molar-refractivity contribution in [3.05, 3.63) is 60.8 Å². The first kappa shape index (κ1) is 67.6. The summed E-state index contributed by atoms with van der Waals surface area (Å²) < 4.78 is 5.46. The normalized spacial score (nSPS) is 13.0. The van der Waals surface area contributed by atoms with E-state index in [9.17, 15) is 19.8 Å². The van der Waals surface area contributed by atoms with E-state index in [-0.39, 0.29) is 18.5 Å². The molecule has 0 bridgehead atoms. The average molecular weight is 981 g/mol. The number of aliphatic hydroxyl groups is 2. The summed E-state index contributed by atoms with van der Waals surface area (Å²) in [7, 11) is 0. The minimum atomic E-state index is -0.853. The maximum absolute atomic E-state index is 12.5. The summed E-state index contributed by atoms with van der Waals surface area (Å²) in [5.41, 5.74) is 0. The van der Waals surface area contributed by atoms with Crippen molar-refractivity contribution in [2.75, 3.05) is 13.2 Å². The summed E-state index contributed by atoms with van der Waals surface area (Å²) in [5, 5.41) is 23.1. The lowest BCUT2D eigenvalue weighted by Gasteiger charge is -2.20. The maximum atomic E-state index is 12.5. The van der Waals surface area contributed by atoms with Crippen molar-refractivity contribution < 1.29 is 24.5 Å². The fourth-order valence-electron chi connectivity index (χ4n) is 9.07. The fourth-order valence-corrected chi connectivity index (χ4v) is 9.07. The first-order valence-electron chi connectivity index (χ1n) is 30.6. The van der Waals surface area contributed by atoms with E-state index in [4.69, 9.17) is 4.74 Å². The Labute approximate surface area is 435 Å². The van der Waals surface area contributed by atoms with Crippen LogP contribution in [-0.4, -0.2) is 47.4 Å². The van der Waals surface area contributed by atoms with Gasteiger partial charge in [0.1, 0.15) is 0 Å². The molecule has 6 nitrogen and oxygen atoms in total. The third-order valence-corrected chi connectivity index (χ3v) is 13.8. The molecule has 0 aromatic rings. The third-order valence-electron chi connectivity index (χ3n) is 13.8. The molecule has 0 heterocycles. The summed E-state index contributed by atoms with van der Waals surface area (Å²) in [5.74, 6) is -0.100. The molecule has 0 aromatic heterocycles. The number of nitrogens with one attached hydrogen (secondary N) is 1. The standard InChI is InChI=1S/C64H117NO5/c1-3-5-7-9-11-13-15-17-19-24-28-32-36-40-44-48-52-56-62(67)61(60-66)65-63(68)57-53-49-45-41-37-33-29-26-22-21-23-27-31-35-39-43-47-51-55-59-70-64(69)58-54-50-46-42-38-34-30-25-20-18-16-14-12-10-8-6-4-2/h12,14,18,20,27,31,35,39,52,56,61-62,66-67H,3-11,13,15-17,19,21-26,28-30,32-34,36-38,40-51,53-55,57-60H2,1-2H3,(H,65,68)/b14-12-,20-18-,31-27-,39-35-,56-52+. The van der Waals surface area contributed by atoms with Gasteiger partial charge in [0, 0.05) is 12.8 Å². The van der Waals surface area contributed by atoms with Crippen LogP contribution in [0.25, 0.3) is 0 Å². The molecule has 0 aromatic carbocycles. The summed E-state index contributed by atoms with van der Waals surface area (Å²) in [6, 6.07) is -0.637. The number of hydrogen-bond acceptors (Lipinski definition) is 5. The van der Waals surface area contributed by atoms with Crippen LogP contribution in [0, 0.1) is 0 Å². The number of carbonyl (C=O) groups is 2. The zero-order valence-electron chi connectivity index (χ0n) is 46.5. The second-order valence-corrected chi connectivity index (χ2v) is 20.7. The highest BCUT2D eigenvalue weighted by molar-refractivity contribution is 5.76. The molecule has 0 saturated heterocycles. The largest absolute Gasteiger partial charge is 0.466 e. The second kappa shape index (κ2) is 59.1. The lowest BCUT2D eigenvalue weighted by Crippen LogP contribution is -2.45. The lowest BCUT2D eigenvalue weighted by molar-refractivity contribution is -0.143. The Morgan fingerprint density at radius 1 is 0.414 bits per heavy atom. The van der Waals surface area contributed by atoms with Gasteiger partial charge in [-0.1, -0.05) is 261 Å². The van der Waals surface area contributed by atoms with E-state index >= 15 is 0 Å². The molecular weight excluding hydrogens is 863 g/mol. The quantitative estimate of drug-likeness (QED) is 0.0244. The van der Waals surface area contributed by atoms with Crippen molar-refractivity contribution in [3.8, 4) is 0 Å². The predicted octanol–water partition coefficient (Wildman–Crippen LogP) is 19.1. The maximum Gasteiger partial charge on any atom is 0.305 e. The van der Waals surface area contributed by atoms with Gasteiger partial charge in [0.25, 0.3) is 0 Å². The van der Waals surface area contributed by atoms with Gasteiger partial charge in [0.15, 0.2) is 0 Å². The van der Waals surface area contributed by atoms with E-state index in [0.717, 1.165) is 83.5 Å². The molecule has 3 N–H and O–H groups in total. The van der Waals surface area contributed by atoms with Crippen LogP contribution in [-0.2, 0) is 14.3 Å². The van der Waals surface area contributed by atoms with Gasteiger partial charge in [-0.15, -0.1) is 0 Å². The van der Waals surface area contributed by atoms with E-state index in [0.29, 0.717) is 19.4 Å². The highest BCUT2D eigenvalue weighted by Gasteiger charge is 2.18. The monoisotopic (exact) mass is 980 g/mol. The molecule has 0 fully saturated rings. The molecule has 0 aliphatic rings. The zero-order chi connectivity index (χ0) is 50.7. The Morgan fingerprint density at radius 3 is 1.20 bits per heavy atom. The van der Waals surface area contributed by atoms with Gasteiger partial charge in [-0.3, -0.25) is 9.59 Å². The third kappa shape index (κ3) is 54.9. The van der Waals surface area contributed by atoms with E-state index < -0.39 is 12.1 Å². The number of rotatable bonds is 56. The summed E-state index contributed by atoms with van der Waals surface area (Å²) in [4.78, 5) is 24.5. The number of amides is 1. The topological polar surface area (TPSA) is 95.9 Å². The Bertz CT molecular complexity index is 1220. The molecule has 70 heavy (non-hydrogen) atoms. The minimum Gasteiger partial charge on any atom is -0.466 e. The van der Waals surface area contributed by atoms with Gasteiger partial charge in [0.05, 0.1) is 25.4 Å². The van der Waals surface area contributed by atoms with Crippen molar-refractivity contribution in [3.63, 3.8) is 0 Å². The number of carbonyl (C=O) groups excluding carboxylic acids is 2. The summed E-state index contributed by atoms with van der Waals surface area (Å²) >= 11 is 0. The molecule has 0 rings (SSSR count). The summed E-state index contributed by atoms with van der Waals surface area (Å²) in [6.45, 7) is 4.84. The van der Waals surface area contributed by atoms with Gasteiger partial charge >= 0.3 is 5.97 Å². The van der Waals surface area contributed by atoms with E-state index in [1.807, 2.05) is 6.08 Å². The summed E-state index contributed by atoms with van der Waals surface area (Å²) in [6.07, 6.45) is 76.8. The van der Waals surface area contributed by atoms with E-state index in [2.05, 4.69) is 67.8 Å². The smallest absolute Gasteiger partial charge is 0.305 e. The SMILES string of the molecule is CCCCC/C=C\C/C=C\CCCCCCCCCC(=O)OCCCCC/C=C\C=C/CCCCCCCCCCCCC(=O)NC(CO)C(O)/C=C/CCCCCCCCCCCCCCCCC. The molecule has 0 aliphatic heterocycles. The van der Waals surface area contributed by atoms with E-state index in [1.165, 1.54) is 199 Å². The van der Waals surface area contributed by atoms with Gasteiger partial charge in [0.2, 0.25) is 5.91 Å². The molecule has 0 spiro atoms. The Balaban J connectivity index is 3.51. The minimum absolute atomic E-state index is 0.0224. The van der Waals surface area contributed by atoms with Crippen LogP contribution >= 0.6 is 0 Å². The van der Waals surface area contributed by atoms with Crippen molar-refractivity contribution in [1.29, 1.82) is 0 Å². The second-order valence-electron chi connectivity index (χ2n) is 20.7. The van der Waals surface area contributed by atoms with Crippen molar-refractivity contribution in [2.24, 2.45) is 0 Å². The highest BCUT2D eigenvalue weighted by atomic mass is 16.5. The average Bonchev–Trinajstić information content (AvgIpc) is 3.36. The molecule has 408 valence electrons. The van der Waals surface area contributed by atoms with Crippen LogP contribution < -0.4 is 5.32 Å². The first-order valence-corrected chi connectivity index (χ1v) is 30.6. The van der Waals surface area contributed by atoms with Crippen LogP contribution in [0.5, 0.6) is 0 Å². The van der Waals surface area contributed by atoms with Crippen molar-refractivity contribution >= 4 is 11.9 Å². The Kier molecular flexibility index (Phi) is 57.1. The number of aliphatic hydroxyl groups excluding tert-OH is 2. The van der Waals surface area contributed by atoms with Gasteiger partial charge < -0.3 is 20.3 Å². The molecule has 1 amide bonds. The number of hydrogen-bond donors (Lipinski definition) is 3. The Hall–Kier alpha value is -2.44. The van der Waals surface area contributed by atoms with Crippen molar-refractivity contribution in [2.45, 2.75) is 321 Å². The predicted molar refractivity (Wildman–Crippen MR) is 305 cm³/mol. The van der Waals surface area contributed by atoms with Crippen LogP contribution in [0.2, 0.25) is 0 Å². The van der Waals surface area contributed by atoms with Crippen LogP contribution in [0.4, 0.5) is 0 Å². The lowest BCUT2D eigenvalue weighted by atomic mass is 10.0. The zero-order valence-corrected chi connectivity index (χ0v) is 46.5. The number of allylic oxidation sites excluding steroid dienone is 9. The van der Waals surface area contributed by atoms with E-state index in [1.54, 1.807) is 6.08 Å². The number of esters is 1. The Morgan fingerprint density at radius 2 is 0.757 bits per heavy atom. The van der Waals surface area contributed by atoms with Crippen LogP contribution in [0.3, 0.4) is 0 Å². The molecule has 0 aliphatic carbocycles. The fraction of sp³-hybridized carbons (Fsp3) is 0.812. The molecule has 0 saturated carbocycles. The highest BCUT2D eigenvalue weighted by Crippen LogP contribution is 2.16. The first-order chi connectivity index (χ1) is 34.5. The van der Waals surface area contributed by atoms with Crippen LogP contribution in [0.15, 0.2) is 60.8 Å². The number of unbranched alkanes of at least 4 members (excludes halogenated alkanes) is 38. The molecule has 6 heteroatoms. The molecular formula is C64H117NO5. The number of ether oxygens (including phenoxy) is 1. The van der Waals surface area contributed by atoms with Gasteiger partial charge in [-0.05, 0) is 96.3 Å². The van der Waals surface area contributed by atoms with Crippen molar-refractivity contribution in [1.82, 2.24) is 5.32 Å². The molecule has 2 unspecified atom stereocenters.